The number of rotatable bonds is 6. The Morgan fingerprint density at radius 2 is 1.75 bits per heavy atom. The molecule has 0 radical (unpaired) electrons. The van der Waals surface area contributed by atoms with Crippen molar-refractivity contribution in [1.82, 2.24) is 4.98 Å². The smallest absolute Gasteiger partial charge is 0.341 e. The number of esters is 1. The second-order valence-corrected chi connectivity index (χ2v) is 8.69. The van der Waals surface area contributed by atoms with E-state index in [-0.39, 0.29) is 12.2 Å². The van der Waals surface area contributed by atoms with Crippen molar-refractivity contribution in [2.24, 2.45) is 0 Å². The minimum atomic E-state index is -4.70. The first-order valence-corrected chi connectivity index (χ1v) is 10.5. The number of carbonyl (C=O) groups excluding carboxylic acids is 1. The highest BCUT2D eigenvalue weighted by atomic mass is 32.2. The zero-order valence-electron chi connectivity index (χ0n) is 14.6. The average Bonchev–Trinajstić information content (AvgIpc) is 3.15. The third-order valence-corrected chi connectivity index (χ3v) is 6.19. The summed E-state index contributed by atoms with van der Waals surface area (Å²) in [4.78, 5) is 15.9. The molecule has 0 bridgehead atoms. The van der Waals surface area contributed by atoms with Gasteiger partial charge in [-0.1, -0.05) is 29.8 Å². The molecule has 1 heterocycles. The lowest BCUT2D eigenvalue weighted by atomic mass is 10.2. The highest BCUT2D eigenvalue weighted by Crippen LogP contribution is 2.24. The Hall–Kier alpha value is -2.65. The molecule has 1 aromatic heterocycles. The number of halogens is 2. The lowest BCUT2D eigenvalue weighted by molar-refractivity contribution is 0.0468. The van der Waals surface area contributed by atoms with Crippen molar-refractivity contribution < 1.29 is 26.7 Å². The largest absolute Gasteiger partial charge is 0.456 e. The second kappa shape index (κ2) is 8.15. The van der Waals surface area contributed by atoms with Crippen LogP contribution in [0.3, 0.4) is 0 Å². The van der Waals surface area contributed by atoms with Crippen molar-refractivity contribution in [1.29, 1.82) is 0 Å². The lowest BCUT2D eigenvalue weighted by Gasteiger charge is -2.05. The fourth-order valence-electron chi connectivity index (χ4n) is 2.31. The summed E-state index contributed by atoms with van der Waals surface area (Å²) in [6.07, 6.45) is 0. The van der Waals surface area contributed by atoms with E-state index >= 15 is 0 Å². The summed E-state index contributed by atoms with van der Waals surface area (Å²) in [7, 11) is -4.70. The Morgan fingerprint density at radius 3 is 2.36 bits per heavy atom. The van der Waals surface area contributed by atoms with Crippen molar-refractivity contribution in [2.75, 3.05) is 0 Å². The third kappa shape index (κ3) is 4.42. The number of hydrogen-bond acceptors (Lipinski definition) is 6. The van der Waals surface area contributed by atoms with Crippen LogP contribution in [0, 0.1) is 6.92 Å². The van der Waals surface area contributed by atoms with E-state index in [1.807, 2.05) is 31.2 Å². The zero-order chi connectivity index (χ0) is 20.3. The Morgan fingerprint density at radius 1 is 1.11 bits per heavy atom. The summed E-state index contributed by atoms with van der Waals surface area (Å²) in [5, 5.41) is 2.58. The van der Waals surface area contributed by atoms with Gasteiger partial charge in [0.05, 0.1) is 16.2 Å². The van der Waals surface area contributed by atoms with Crippen LogP contribution in [0.1, 0.15) is 21.6 Å². The molecule has 0 atom stereocenters. The van der Waals surface area contributed by atoms with Crippen molar-refractivity contribution in [3.63, 3.8) is 0 Å². The standard InChI is InChI=1S/C19H15F2NO4S2/c1-12-2-4-13(5-3-12)17-22-15(11-27-17)10-26-18(23)14-6-8-16(9-7-14)28(24,25)19(20)21/h2-9,11,19H,10H2,1H3. The van der Waals surface area contributed by atoms with Crippen molar-refractivity contribution >= 4 is 27.1 Å². The van der Waals surface area contributed by atoms with E-state index in [4.69, 9.17) is 4.74 Å². The number of carbonyl (C=O) groups is 1. The molecule has 9 heteroatoms. The first-order valence-electron chi connectivity index (χ1n) is 8.08. The number of nitrogens with zero attached hydrogens (tertiary/aromatic N) is 1. The van der Waals surface area contributed by atoms with Crippen LogP contribution in [0.25, 0.3) is 10.6 Å². The van der Waals surface area contributed by atoms with Gasteiger partial charge in [-0.25, -0.2) is 18.2 Å². The summed E-state index contributed by atoms with van der Waals surface area (Å²) < 4.78 is 53.0. The molecule has 0 unspecified atom stereocenters. The van der Waals surface area contributed by atoms with Crippen LogP contribution in [0.2, 0.25) is 0 Å². The minimum absolute atomic E-state index is 0.0573. The molecule has 28 heavy (non-hydrogen) atoms. The van der Waals surface area contributed by atoms with E-state index < -0.39 is 26.5 Å². The highest BCUT2D eigenvalue weighted by molar-refractivity contribution is 7.91. The summed E-state index contributed by atoms with van der Waals surface area (Å²) >= 11 is 1.42. The number of hydrogen-bond donors (Lipinski definition) is 0. The lowest BCUT2D eigenvalue weighted by Crippen LogP contribution is -2.12. The summed E-state index contributed by atoms with van der Waals surface area (Å²) in [5.74, 6) is -4.22. The molecular formula is C19H15F2NO4S2. The molecule has 0 spiro atoms. The minimum Gasteiger partial charge on any atom is -0.456 e. The number of benzene rings is 2. The molecule has 0 aliphatic carbocycles. The Kier molecular flexibility index (Phi) is 5.85. The van der Waals surface area contributed by atoms with Crippen molar-refractivity contribution in [3.05, 3.63) is 70.7 Å². The molecule has 0 N–H and O–H groups in total. The first-order chi connectivity index (χ1) is 13.3. The molecule has 2 aromatic carbocycles. The van der Waals surface area contributed by atoms with Crippen LogP contribution in [0.5, 0.6) is 0 Å². The number of aromatic nitrogens is 1. The van der Waals surface area contributed by atoms with Gasteiger partial charge >= 0.3 is 11.7 Å². The van der Waals surface area contributed by atoms with Gasteiger partial charge in [0, 0.05) is 10.9 Å². The van der Waals surface area contributed by atoms with E-state index in [1.165, 1.54) is 11.3 Å². The molecule has 0 aliphatic heterocycles. The van der Waals surface area contributed by atoms with Gasteiger partial charge in [0.1, 0.15) is 11.6 Å². The fraction of sp³-hybridized carbons (Fsp3) is 0.158. The van der Waals surface area contributed by atoms with E-state index in [2.05, 4.69) is 4.98 Å². The molecule has 0 saturated heterocycles. The fourth-order valence-corrected chi connectivity index (χ4v) is 3.84. The van der Waals surface area contributed by atoms with Gasteiger partial charge in [-0.3, -0.25) is 0 Å². The van der Waals surface area contributed by atoms with Crippen LogP contribution < -0.4 is 0 Å². The zero-order valence-corrected chi connectivity index (χ0v) is 16.3. The molecule has 5 nitrogen and oxygen atoms in total. The van der Waals surface area contributed by atoms with Crippen molar-refractivity contribution in [3.8, 4) is 10.6 Å². The molecular weight excluding hydrogens is 408 g/mol. The summed E-state index contributed by atoms with van der Waals surface area (Å²) in [6.45, 7) is 1.93. The normalized spacial score (nSPS) is 11.6. The van der Waals surface area contributed by atoms with Gasteiger partial charge in [-0.2, -0.15) is 8.78 Å². The maximum atomic E-state index is 12.5. The first kappa shape index (κ1) is 20.1. The Bertz CT molecular complexity index is 1080. The van der Waals surface area contributed by atoms with Crippen LogP contribution >= 0.6 is 11.3 Å². The van der Waals surface area contributed by atoms with E-state index in [9.17, 15) is 22.0 Å². The van der Waals surface area contributed by atoms with Crippen LogP contribution in [0.4, 0.5) is 8.78 Å². The SMILES string of the molecule is Cc1ccc(-c2nc(COC(=O)c3ccc(S(=O)(=O)C(F)F)cc3)cs2)cc1. The number of thiazole rings is 1. The van der Waals surface area contributed by atoms with Crippen molar-refractivity contribution in [2.45, 2.75) is 24.2 Å². The Labute approximate surface area is 164 Å². The van der Waals surface area contributed by atoms with Crippen LogP contribution in [-0.4, -0.2) is 25.1 Å². The summed E-state index contributed by atoms with van der Waals surface area (Å²) in [6, 6.07) is 12.1. The van der Waals surface area contributed by atoms with Crippen LogP contribution in [-0.2, 0) is 21.2 Å². The monoisotopic (exact) mass is 423 g/mol. The third-order valence-electron chi connectivity index (χ3n) is 3.85. The van der Waals surface area contributed by atoms with E-state index in [0.29, 0.717) is 5.69 Å². The predicted octanol–water partition coefficient (Wildman–Crippen LogP) is 4.47. The molecule has 0 saturated carbocycles. The van der Waals surface area contributed by atoms with Gasteiger partial charge in [-0.05, 0) is 31.2 Å². The number of ether oxygens (including phenoxy) is 1. The van der Waals surface area contributed by atoms with Gasteiger partial charge in [0.15, 0.2) is 0 Å². The maximum absolute atomic E-state index is 12.5. The van der Waals surface area contributed by atoms with Gasteiger partial charge < -0.3 is 4.74 Å². The molecule has 0 fully saturated rings. The quantitative estimate of drug-likeness (QED) is 0.547. The van der Waals surface area contributed by atoms with E-state index in [0.717, 1.165) is 40.4 Å². The van der Waals surface area contributed by atoms with Gasteiger partial charge in [0.25, 0.3) is 0 Å². The topological polar surface area (TPSA) is 73.3 Å². The molecule has 3 rings (SSSR count). The number of alkyl halides is 2. The van der Waals surface area contributed by atoms with Crippen LogP contribution in [0.15, 0.2) is 58.8 Å². The Balaban J connectivity index is 1.64. The predicted molar refractivity (Wildman–Crippen MR) is 101 cm³/mol. The molecule has 146 valence electrons. The maximum Gasteiger partial charge on any atom is 0.341 e. The highest BCUT2D eigenvalue weighted by Gasteiger charge is 2.26. The van der Waals surface area contributed by atoms with Gasteiger partial charge in [-0.15, -0.1) is 11.3 Å². The number of sulfone groups is 1. The molecule has 3 aromatic rings. The molecule has 0 amide bonds. The average molecular weight is 423 g/mol. The van der Waals surface area contributed by atoms with Gasteiger partial charge in [0.2, 0.25) is 9.84 Å². The molecule has 0 aliphatic rings. The van der Waals surface area contributed by atoms with E-state index in [1.54, 1.807) is 5.38 Å². The summed E-state index contributed by atoms with van der Waals surface area (Å²) in [5.41, 5.74) is 2.74. The second-order valence-electron chi connectivity index (χ2n) is 5.92. The number of aryl methyl sites for hydroxylation is 1.